The highest BCUT2D eigenvalue weighted by Crippen LogP contribution is 2.55. The lowest BCUT2D eigenvalue weighted by Gasteiger charge is -2.25. The van der Waals surface area contributed by atoms with Gasteiger partial charge in [-0.15, -0.1) is 0 Å². The summed E-state index contributed by atoms with van der Waals surface area (Å²) in [6.07, 6.45) is 2.08. The van der Waals surface area contributed by atoms with Gasteiger partial charge >= 0.3 is 5.97 Å². The number of likely N-dealkylation sites (tertiary alicyclic amines) is 1. The van der Waals surface area contributed by atoms with Crippen LogP contribution >= 0.6 is 0 Å². The monoisotopic (exact) mass is 518 g/mol. The van der Waals surface area contributed by atoms with Gasteiger partial charge in [-0.2, -0.15) is 0 Å². The van der Waals surface area contributed by atoms with Crippen LogP contribution in [0, 0.1) is 17.7 Å². The topological polar surface area (TPSA) is 116 Å². The van der Waals surface area contributed by atoms with Gasteiger partial charge in [0.15, 0.2) is 0 Å². The smallest absolute Gasteiger partial charge is 0.341 e. The first-order valence-electron chi connectivity index (χ1n) is 12.2. The Balaban J connectivity index is 1.41. The zero-order chi connectivity index (χ0) is 25.8. The van der Waals surface area contributed by atoms with Crippen molar-refractivity contribution in [1.82, 2.24) is 4.90 Å². The molecule has 2 heterocycles. The molecule has 3 atom stereocenters. The van der Waals surface area contributed by atoms with E-state index in [1.807, 2.05) is 0 Å². The number of carbonyl (C=O) groups is 1. The number of anilines is 1. The van der Waals surface area contributed by atoms with E-state index in [0.29, 0.717) is 37.6 Å². The minimum Gasteiger partial charge on any atom is -0.492 e. The standard InChI is InChI=1S/C26H31FN2O6S/c1-26(2,32)14-29-8-7-15(12-29)9-16-10-18(27)3-6-22(16)36(33,34)28-21-5-4-19-20-11-17(20)13-35-24(19)23(21)25(30)31/h3-6,10,15,17,20,28,32H,7-9,11-14H2,1-2H3,(H,30,31)/t15?,17-,20-/m0/s1. The molecule has 8 nitrogen and oxygen atoms in total. The van der Waals surface area contributed by atoms with Crippen molar-refractivity contribution >= 4 is 21.7 Å². The summed E-state index contributed by atoms with van der Waals surface area (Å²) in [7, 11) is -4.22. The van der Waals surface area contributed by atoms with Crippen molar-refractivity contribution in [3.8, 4) is 5.75 Å². The molecule has 0 radical (unpaired) electrons. The van der Waals surface area contributed by atoms with Crippen LogP contribution in [0.3, 0.4) is 0 Å². The fourth-order valence-corrected chi connectivity index (χ4v) is 6.90. The predicted octanol–water partition coefficient (Wildman–Crippen LogP) is 3.46. The van der Waals surface area contributed by atoms with E-state index in [4.69, 9.17) is 4.74 Å². The Hall–Kier alpha value is -2.69. The van der Waals surface area contributed by atoms with Gasteiger partial charge in [0, 0.05) is 19.0 Å². The van der Waals surface area contributed by atoms with E-state index in [-0.39, 0.29) is 33.7 Å². The Morgan fingerprint density at radius 2 is 2.06 bits per heavy atom. The molecular formula is C26H31FN2O6S. The van der Waals surface area contributed by atoms with Crippen LogP contribution in [0.5, 0.6) is 5.75 Å². The average Bonchev–Trinajstić information content (AvgIpc) is 3.45. The molecule has 194 valence electrons. The van der Waals surface area contributed by atoms with Crippen molar-refractivity contribution in [3.05, 3.63) is 52.8 Å². The molecule has 3 aliphatic rings. The molecule has 10 heteroatoms. The number of aliphatic hydroxyl groups is 1. The van der Waals surface area contributed by atoms with Crippen molar-refractivity contribution in [1.29, 1.82) is 0 Å². The van der Waals surface area contributed by atoms with Gasteiger partial charge in [-0.05, 0) is 86.9 Å². The number of hydrogen-bond donors (Lipinski definition) is 3. The molecule has 0 spiro atoms. The largest absolute Gasteiger partial charge is 0.492 e. The van der Waals surface area contributed by atoms with E-state index < -0.39 is 27.4 Å². The van der Waals surface area contributed by atoms with Crippen LogP contribution in [0.1, 0.15) is 54.1 Å². The predicted molar refractivity (Wildman–Crippen MR) is 132 cm³/mol. The van der Waals surface area contributed by atoms with Gasteiger partial charge in [-0.3, -0.25) is 4.72 Å². The molecule has 2 aliphatic heterocycles. The number of ether oxygens (including phenoxy) is 1. The summed E-state index contributed by atoms with van der Waals surface area (Å²) < 4.78 is 49.3. The molecule has 2 aromatic carbocycles. The maximum absolute atomic E-state index is 14.2. The third-order valence-corrected chi connectivity index (χ3v) is 8.68. The number of nitrogens with zero attached hydrogens (tertiary/aromatic N) is 1. The summed E-state index contributed by atoms with van der Waals surface area (Å²) in [6.45, 7) is 5.83. The highest BCUT2D eigenvalue weighted by Gasteiger charge is 2.45. The molecule has 1 saturated carbocycles. The Kier molecular flexibility index (Phi) is 6.25. The van der Waals surface area contributed by atoms with E-state index in [1.54, 1.807) is 19.9 Å². The zero-order valence-corrected chi connectivity index (χ0v) is 21.1. The van der Waals surface area contributed by atoms with Gasteiger partial charge in [0.2, 0.25) is 0 Å². The highest BCUT2D eigenvalue weighted by molar-refractivity contribution is 7.92. The van der Waals surface area contributed by atoms with Crippen LogP contribution in [0.15, 0.2) is 35.2 Å². The van der Waals surface area contributed by atoms with Crippen LogP contribution in [0.25, 0.3) is 0 Å². The van der Waals surface area contributed by atoms with E-state index in [2.05, 4.69) is 9.62 Å². The molecule has 5 rings (SSSR count). The van der Waals surface area contributed by atoms with E-state index >= 15 is 0 Å². The van der Waals surface area contributed by atoms with Gasteiger partial charge in [0.05, 0.1) is 22.8 Å². The van der Waals surface area contributed by atoms with E-state index in [1.165, 1.54) is 18.2 Å². The molecule has 1 aliphatic carbocycles. The highest BCUT2D eigenvalue weighted by atomic mass is 32.2. The first kappa shape index (κ1) is 25.0. The Labute approximate surface area is 210 Å². The number of aromatic carboxylic acids is 1. The fourth-order valence-electron chi connectivity index (χ4n) is 5.60. The fraction of sp³-hybridized carbons (Fsp3) is 0.500. The molecular weight excluding hydrogens is 487 g/mol. The molecule has 0 aromatic heterocycles. The summed E-state index contributed by atoms with van der Waals surface area (Å²) in [5.74, 6) is -0.856. The normalized spacial score (nSPS) is 23.5. The molecule has 2 aromatic rings. The first-order chi connectivity index (χ1) is 16.9. The minimum atomic E-state index is -4.22. The Morgan fingerprint density at radius 1 is 1.28 bits per heavy atom. The molecule has 3 N–H and O–H groups in total. The number of rotatable bonds is 8. The van der Waals surface area contributed by atoms with Gasteiger partial charge in [0.25, 0.3) is 10.0 Å². The third kappa shape index (κ3) is 5.07. The van der Waals surface area contributed by atoms with Crippen molar-refractivity contribution in [2.75, 3.05) is 31.0 Å². The first-order valence-corrected chi connectivity index (χ1v) is 13.7. The summed E-state index contributed by atoms with van der Waals surface area (Å²) in [5, 5.41) is 20.0. The van der Waals surface area contributed by atoms with Crippen molar-refractivity contribution < 1.29 is 32.6 Å². The molecule has 1 unspecified atom stereocenters. The van der Waals surface area contributed by atoms with Gasteiger partial charge in [-0.25, -0.2) is 17.6 Å². The lowest BCUT2D eigenvalue weighted by atomic mass is 9.98. The van der Waals surface area contributed by atoms with Gasteiger partial charge in [0.1, 0.15) is 17.1 Å². The number of hydrogen-bond acceptors (Lipinski definition) is 6. The maximum Gasteiger partial charge on any atom is 0.341 e. The average molecular weight is 519 g/mol. The second-order valence-corrected chi connectivity index (χ2v) is 12.5. The number of sulfonamides is 1. The second kappa shape index (κ2) is 9.00. The number of nitrogens with one attached hydrogen (secondary N) is 1. The molecule has 0 bridgehead atoms. The number of carboxylic acids is 1. The van der Waals surface area contributed by atoms with Gasteiger partial charge < -0.3 is 19.8 Å². The van der Waals surface area contributed by atoms with Crippen molar-refractivity contribution in [2.45, 2.75) is 49.5 Å². The van der Waals surface area contributed by atoms with Crippen LogP contribution in [0.2, 0.25) is 0 Å². The maximum atomic E-state index is 14.2. The summed E-state index contributed by atoms with van der Waals surface area (Å²) in [4.78, 5) is 14.2. The summed E-state index contributed by atoms with van der Waals surface area (Å²) >= 11 is 0. The molecule has 2 fully saturated rings. The third-order valence-electron chi connectivity index (χ3n) is 7.21. The molecule has 1 saturated heterocycles. The molecule has 36 heavy (non-hydrogen) atoms. The Bertz CT molecular complexity index is 1310. The number of halogens is 1. The van der Waals surface area contributed by atoms with Crippen LogP contribution in [-0.4, -0.2) is 61.3 Å². The number of fused-ring (bicyclic) bond motifs is 3. The van der Waals surface area contributed by atoms with Crippen molar-refractivity contribution in [3.63, 3.8) is 0 Å². The quantitative estimate of drug-likeness (QED) is 0.490. The number of carboxylic acid groups (broad SMARTS) is 1. The summed E-state index contributed by atoms with van der Waals surface area (Å²) in [6, 6.07) is 6.74. The Morgan fingerprint density at radius 3 is 2.78 bits per heavy atom. The van der Waals surface area contributed by atoms with E-state index in [9.17, 15) is 27.8 Å². The van der Waals surface area contributed by atoms with Crippen LogP contribution < -0.4 is 9.46 Å². The number of β-amino-alcohol motifs (C(OH)–C–C–N with tert-alkyl or cyclic N) is 1. The van der Waals surface area contributed by atoms with Crippen LogP contribution in [-0.2, 0) is 16.4 Å². The van der Waals surface area contributed by atoms with Crippen molar-refractivity contribution in [2.24, 2.45) is 11.8 Å². The zero-order valence-electron chi connectivity index (χ0n) is 20.3. The molecule has 0 amide bonds. The SMILES string of the molecule is CC(C)(O)CN1CCC(Cc2cc(F)ccc2S(=O)(=O)Nc2ccc3c(c2C(=O)O)OC[C@@H]2C[C@H]32)C1. The van der Waals surface area contributed by atoms with Crippen LogP contribution in [0.4, 0.5) is 10.1 Å². The second-order valence-electron chi connectivity index (χ2n) is 10.9. The lowest BCUT2D eigenvalue weighted by Crippen LogP contribution is -2.37. The van der Waals surface area contributed by atoms with E-state index in [0.717, 1.165) is 31.0 Å². The number of benzene rings is 2. The lowest BCUT2D eigenvalue weighted by molar-refractivity contribution is 0.0428. The van der Waals surface area contributed by atoms with Gasteiger partial charge in [-0.1, -0.05) is 6.07 Å². The minimum absolute atomic E-state index is 0.0761. The summed E-state index contributed by atoms with van der Waals surface area (Å²) in [5.41, 5.74) is 0.0129.